The van der Waals surface area contributed by atoms with Crippen molar-refractivity contribution in [2.24, 2.45) is 16.2 Å². The molecular weight excluding hydrogens is 449 g/mol. The fraction of sp³-hybridized carbons (Fsp3) is 0.727. The Bertz CT molecular complexity index is 502. The first-order valence-corrected chi connectivity index (χ1v) is 9.08. The summed E-state index contributed by atoms with van der Waals surface area (Å²) in [6.07, 6.45) is 2.04. The second-order valence-electron chi connectivity index (χ2n) is 8.30. The Morgan fingerprint density at radius 3 is 1.66 bits per heavy atom. The molecule has 0 aromatic heterocycles. The summed E-state index contributed by atoms with van der Waals surface area (Å²) in [5.74, 6) is -1.27. The van der Waals surface area contributed by atoms with Crippen molar-refractivity contribution in [3.8, 4) is 0 Å². The molecule has 168 valence electrons. The molecular formula is C22H41O6Y. The maximum Gasteiger partial charge on any atom is 3.00 e. The van der Waals surface area contributed by atoms with Crippen LogP contribution in [0.25, 0.3) is 0 Å². The summed E-state index contributed by atoms with van der Waals surface area (Å²) in [6, 6.07) is 0. The molecule has 0 rings (SSSR count). The fourth-order valence-corrected chi connectivity index (χ4v) is 3.35. The van der Waals surface area contributed by atoms with Crippen LogP contribution in [0.15, 0.2) is 0 Å². The molecule has 0 amide bonds. The van der Waals surface area contributed by atoms with Crippen LogP contribution in [0.4, 0.5) is 0 Å². The van der Waals surface area contributed by atoms with Crippen molar-refractivity contribution in [2.45, 2.75) is 67.2 Å². The molecule has 29 heavy (non-hydrogen) atoms. The maximum atomic E-state index is 12.8. The van der Waals surface area contributed by atoms with Gasteiger partial charge in [0.25, 0.3) is 0 Å². The molecule has 0 bridgehead atoms. The third-order valence-corrected chi connectivity index (χ3v) is 4.41. The molecule has 0 saturated heterocycles. The van der Waals surface area contributed by atoms with Gasteiger partial charge in [-0.25, -0.2) is 0 Å². The smallest absolute Gasteiger partial charge is 0.498 e. The Hall–Kier alpha value is -0.486. The molecule has 0 aliphatic carbocycles. The molecule has 1 unspecified atom stereocenters. The van der Waals surface area contributed by atoms with Gasteiger partial charge in [-0.05, 0) is 60.5 Å². The van der Waals surface area contributed by atoms with Gasteiger partial charge in [0.1, 0.15) is 0 Å². The van der Waals surface area contributed by atoms with Crippen molar-refractivity contribution >= 4 is 17.9 Å². The van der Waals surface area contributed by atoms with Crippen molar-refractivity contribution in [2.75, 3.05) is 20.3 Å². The van der Waals surface area contributed by atoms with E-state index in [1.54, 1.807) is 34.6 Å². The number of hydrogen-bond acceptors (Lipinski definition) is 6. The summed E-state index contributed by atoms with van der Waals surface area (Å²) in [6.45, 7) is 14.5. The van der Waals surface area contributed by atoms with Crippen molar-refractivity contribution in [3.63, 3.8) is 0 Å². The van der Waals surface area contributed by atoms with Crippen LogP contribution in [0, 0.1) is 38.0 Å². The van der Waals surface area contributed by atoms with Crippen LogP contribution in [0.1, 0.15) is 67.2 Å². The van der Waals surface area contributed by atoms with Crippen molar-refractivity contribution < 1.29 is 61.3 Å². The zero-order valence-corrected chi connectivity index (χ0v) is 22.8. The van der Waals surface area contributed by atoms with E-state index in [4.69, 9.17) is 14.2 Å². The Balaban J connectivity index is -0.00000104. The van der Waals surface area contributed by atoms with Gasteiger partial charge in [0.2, 0.25) is 0 Å². The molecule has 0 saturated carbocycles. The molecule has 0 aliphatic heterocycles. The molecule has 0 fully saturated rings. The SMILES string of the molecule is [CH2-]COC(=O)C(C)(C)CC(C)(CC(C)(C)C(=O)OC)C(=O)OCCCC.[CH3-].[CH3-].[Y+3]. The molecule has 7 heteroatoms. The average Bonchev–Trinajstić information content (AvgIpc) is 2.53. The first-order chi connectivity index (χ1) is 11.9. The molecule has 0 N–H and O–H groups in total. The third-order valence-electron chi connectivity index (χ3n) is 4.41. The Morgan fingerprint density at radius 2 is 1.28 bits per heavy atom. The topological polar surface area (TPSA) is 78.9 Å². The first kappa shape index (κ1) is 35.9. The van der Waals surface area contributed by atoms with Crippen LogP contribution in [0.2, 0.25) is 0 Å². The van der Waals surface area contributed by atoms with Gasteiger partial charge in [-0.1, -0.05) is 13.3 Å². The van der Waals surface area contributed by atoms with Gasteiger partial charge in [-0.15, -0.1) is 0 Å². The van der Waals surface area contributed by atoms with Gasteiger partial charge in [-0.2, -0.15) is 0 Å². The number of hydrogen-bond donors (Lipinski definition) is 0. The fourth-order valence-electron chi connectivity index (χ4n) is 3.35. The number of esters is 3. The minimum absolute atomic E-state index is 0. The Labute approximate surface area is 204 Å². The molecule has 1 atom stereocenters. The number of methoxy groups -OCH3 is 1. The van der Waals surface area contributed by atoms with E-state index in [1.165, 1.54) is 7.11 Å². The molecule has 0 aliphatic rings. The summed E-state index contributed by atoms with van der Waals surface area (Å²) in [5.41, 5.74) is -2.88. The third kappa shape index (κ3) is 11.5. The zero-order chi connectivity index (χ0) is 20.6. The van der Waals surface area contributed by atoms with Gasteiger partial charge in [0, 0.05) is 0 Å². The Morgan fingerprint density at radius 1 is 0.828 bits per heavy atom. The largest absolute Gasteiger partial charge is 3.00 e. The van der Waals surface area contributed by atoms with E-state index in [1.807, 2.05) is 6.92 Å². The van der Waals surface area contributed by atoms with Crippen LogP contribution in [0.3, 0.4) is 0 Å². The Kier molecular flexibility index (Phi) is 19.0. The monoisotopic (exact) mass is 490 g/mol. The van der Waals surface area contributed by atoms with Crippen LogP contribution >= 0.6 is 0 Å². The second kappa shape index (κ2) is 15.3. The van der Waals surface area contributed by atoms with E-state index < -0.39 is 34.2 Å². The van der Waals surface area contributed by atoms with Crippen molar-refractivity contribution in [1.29, 1.82) is 0 Å². The summed E-state index contributed by atoms with van der Waals surface area (Å²) >= 11 is 0. The molecule has 0 heterocycles. The summed E-state index contributed by atoms with van der Waals surface area (Å²) in [4.78, 5) is 37.2. The predicted octanol–water partition coefficient (Wildman–Crippen LogP) is 4.62. The number of carbonyl (C=O) groups excluding carboxylic acids is 3. The van der Waals surface area contributed by atoms with Crippen LogP contribution in [0.5, 0.6) is 0 Å². The first-order valence-electron chi connectivity index (χ1n) is 9.08. The molecule has 0 aromatic carbocycles. The van der Waals surface area contributed by atoms with E-state index in [0.717, 1.165) is 12.8 Å². The number of carbonyl (C=O) groups is 3. The van der Waals surface area contributed by atoms with E-state index >= 15 is 0 Å². The minimum Gasteiger partial charge on any atom is -0.498 e. The zero-order valence-electron chi connectivity index (χ0n) is 20.0. The van der Waals surface area contributed by atoms with E-state index in [-0.39, 0.29) is 67.0 Å². The molecule has 0 aromatic rings. The molecule has 6 nitrogen and oxygen atoms in total. The second-order valence-corrected chi connectivity index (χ2v) is 8.30. The number of ether oxygens (including phenoxy) is 3. The minimum atomic E-state index is -1.05. The van der Waals surface area contributed by atoms with Crippen molar-refractivity contribution in [3.05, 3.63) is 21.8 Å². The standard InChI is InChI=1S/C20H35O6.2CH3.Y/c1-9-11-12-26-17(23)20(7,13-18(3,4)15(21)24-8)14-19(5,6)16(22)25-10-2;;;/h2,9-14H2,1,3-8H3;2*1H3;/q3*-1;+3. The van der Waals surface area contributed by atoms with E-state index in [2.05, 4.69) is 6.92 Å². The maximum absolute atomic E-state index is 12.8. The summed E-state index contributed by atoms with van der Waals surface area (Å²) < 4.78 is 15.3. The van der Waals surface area contributed by atoms with Crippen LogP contribution in [-0.4, -0.2) is 38.2 Å². The van der Waals surface area contributed by atoms with Crippen LogP contribution in [-0.2, 0) is 61.3 Å². The molecule has 0 spiro atoms. The normalized spacial score (nSPS) is 12.8. The van der Waals surface area contributed by atoms with E-state index in [9.17, 15) is 14.4 Å². The average molecular weight is 490 g/mol. The van der Waals surface area contributed by atoms with Gasteiger partial charge in [0.15, 0.2) is 0 Å². The number of unbranched alkanes of at least 4 members (excludes halogenated alkanes) is 1. The summed E-state index contributed by atoms with van der Waals surface area (Å²) in [5, 5.41) is 0. The van der Waals surface area contributed by atoms with Crippen LogP contribution < -0.4 is 0 Å². The van der Waals surface area contributed by atoms with Gasteiger partial charge in [-0.3, -0.25) is 14.4 Å². The quantitative estimate of drug-likeness (QED) is 0.182. The van der Waals surface area contributed by atoms with Gasteiger partial charge >= 0.3 is 50.6 Å². The van der Waals surface area contributed by atoms with Gasteiger partial charge in [0.05, 0.1) is 30.0 Å². The molecule has 0 radical (unpaired) electrons. The summed E-state index contributed by atoms with van der Waals surface area (Å²) in [7, 11) is 1.32. The van der Waals surface area contributed by atoms with Crippen molar-refractivity contribution in [1.82, 2.24) is 0 Å². The van der Waals surface area contributed by atoms with Gasteiger partial charge < -0.3 is 36.0 Å². The van der Waals surface area contributed by atoms with E-state index in [0.29, 0.717) is 6.61 Å². The predicted molar refractivity (Wildman–Crippen MR) is 112 cm³/mol. The number of rotatable bonds is 11.